The summed E-state index contributed by atoms with van der Waals surface area (Å²) >= 11 is 3.36. The van der Waals surface area contributed by atoms with Gasteiger partial charge >= 0.3 is 5.97 Å². The summed E-state index contributed by atoms with van der Waals surface area (Å²) in [4.78, 5) is 32.7. The summed E-state index contributed by atoms with van der Waals surface area (Å²) in [6.45, 7) is 9.72. The summed E-state index contributed by atoms with van der Waals surface area (Å²) in [5.74, 6) is 1.05. The Morgan fingerprint density at radius 1 is 1.06 bits per heavy atom. The molecule has 0 fully saturated rings. The van der Waals surface area contributed by atoms with E-state index in [4.69, 9.17) is 23.7 Å². The number of hydrogen-bond donors (Lipinski definition) is 0. The first-order valence-corrected chi connectivity index (χ1v) is 17.3. The Bertz CT molecular complexity index is 2050. The number of carbonyl (C=O) groups is 1. The number of benzene rings is 3. The molecule has 1 atom stereocenters. The van der Waals surface area contributed by atoms with E-state index in [1.807, 2.05) is 32.9 Å². The average molecular weight is 787 g/mol. The minimum Gasteiger partial charge on any atom is -0.493 e. The van der Waals surface area contributed by atoms with Gasteiger partial charge in [0.25, 0.3) is 5.56 Å². The van der Waals surface area contributed by atoms with E-state index >= 15 is 0 Å². The van der Waals surface area contributed by atoms with Crippen LogP contribution in [0.3, 0.4) is 0 Å². The Hall–Kier alpha value is -4.17. The van der Waals surface area contributed by atoms with Crippen molar-refractivity contribution in [3.05, 3.63) is 112 Å². The van der Waals surface area contributed by atoms with Crippen molar-refractivity contribution in [2.75, 3.05) is 20.3 Å². The number of hydrogen-bond acceptors (Lipinski definition) is 9. The number of aromatic nitrogens is 1. The predicted molar refractivity (Wildman–Crippen MR) is 190 cm³/mol. The third-order valence-corrected chi connectivity index (χ3v) is 9.13. The molecule has 5 rings (SSSR count). The highest BCUT2D eigenvalue weighted by Crippen LogP contribution is 2.37. The van der Waals surface area contributed by atoms with Gasteiger partial charge in [0, 0.05) is 5.56 Å². The summed E-state index contributed by atoms with van der Waals surface area (Å²) < 4.78 is 45.8. The lowest BCUT2D eigenvalue weighted by molar-refractivity contribution is -0.139. The third kappa shape index (κ3) is 7.44. The Morgan fingerprint density at radius 3 is 2.52 bits per heavy atom. The van der Waals surface area contributed by atoms with Crippen molar-refractivity contribution < 1.29 is 32.9 Å². The van der Waals surface area contributed by atoms with Crippen molar-refractivity contribution in [1.82, 2.24) is 4.57 Å². The molecule has 0 spiro atoms. The lowest BCUT2D eigenvalue weighted by Crippen LogP contribution is -2.40. The van der Waals surface area contributed by atoms with Crippen LogP contribution in [0.5, 0.6) is 23.0 Å². The van der Waals surface area contributed by atoms with E-state index in [1.165, 1.54) is 22.0 Å². The molecule has 0 amide bonds. The van der Waals surface area contributed by atoms with Crippen molar-refractivity contribution in [2.45, 2.75) is 53.4 Å². The highest BCUT2D eigenvalue weighted by atomic mass is 127. The monoisotopic (exact) mass is 786 g/mol. The maximum absolute atomic E-state index is 14.3. The fourth-order valence-electron chi connectivity index (χ4n) is 5.30. The van der Waals surface area contributed by atoms with Crippen LogP contribution in [0.2, 0.25) is 0 Å². The van der Waals surface area contributed by atoms with Gasteiger partial charge in [-0.2, -0.15) is 0 Å². The Balaban J connectivity index is 1.61. The summed E-state index contributed by atoms with van der Waals surface area (Å²) in [7, 11) is 1.54. The quantitative estimate of drug-likeness (QED) is 0.123. The van der Waals surface area contributed by atoms with E-state index in [9.17, 15) is 14.0 Å². The average Bonchev–Trinajstić information content (AvgIpc) is 3.34. The molecule has 9 nitrogen and oxygen atoms in total. The van der Waals surface area contributed by atoms with Gasteiger partial charge in [-0.25, -0.2) is 14.2 Å². The summed E-state index contributed by atoms with van der Waals surface area (Å²) in [5.41, 5.74) is 2.15. The Morgan fingerprint density at radius 2 is 1.83 bits per heavy atom. The first-order chi connectivity index (χ1) is 23.1. The number of thiazole rings is 1. The second kappa shape index (κ2) is 15.4. The minimum atomic E-state index is -0.822. The highest BCUT2D eigenvalue weighted by Gasteiger charge is 2.34. The third-order valence-electron chi connectivity index (χ3n) is 7.34. The fourth-order valence-corrected chi connectivity index (χ4v) is 7.13. The number of esters is 1. The van der Waals surface area contributed by atoms with Gasteiger partial charge in [0.2, 0.25) is 0 Å². The van der Waals surface area contributed by atoms with Crippen LogP contribution in [0.4, 0.5) is 4.39 Å². The van der Waals surface area contributed by atoms with Crippen LogP contribution in [0.25, 0.3) is 6.08 Å². The van der Waals surface area contributed by atoms with E-state index in [2.05, 4.69) is 27.6 Å². The van der Waals surface area contributed by atoms with Gasteiger partial charge in [-0.3, -0.25) is 9.36 Å². The first kappa shape index (κ1) is 35.1. The molecule has 0 unspecified atom stereocenters. The number of carbonyl (C=O) groups excluding carboxylic acids is 1. The number of nitrogens with zero attached hydrogens (tertiary/aromatic N) is 2. The van der Waals surface area contributed by atoms with E-state index in [0.29, 0.717) is 61.3 Å². The molecule has 0 saturated carbocycles. The molecule has 1 aliphatic heterocycles. The number of allylic oxidation sites excluding steroid dienone is 1. The smallest absolute Gasteiger partial charge is 0.338 e. The van der Waals surface area contributed by atoms with Crippen LogP contribution >= 0.6 is 33.9 Å². The zero-order valence-electron chi connectivity index (χ0n) is 27.5. The molecule has 0 bridgehead atoms. The second-order valence-electron chi connectivity index (χ2n) is 11.0. The van der Waals surface area contributed by atoms with Crippen molar-refractivity contribution >= 4 is 46.0 Å². The van der Waals surface area contributed by atoms with Gasteiger partial charge in [-0.15, -0.1) is 0 Å². The molecule has 4 aromatic rings. The summed E-state index contributed by atoms with van der Waals surface area (Å²) in [6.07, 6.45) is 1.67. The van der Waals surface area contributed by atoms with Gasteiger partial charge in [-0.05, 0) is 105 Å². The fraction of sp³-hybridized carbons (Fsp3) is 0.306. The van der Waals surface area contributed by atoms with Crippen LogP contribution in [-0.2, 0) is 16.1 Å². The SMILES string of the molecule is CCOC(=O)C1=C(C)N=c2s/c(=C\c3cc(I)c(OCc4ccccc4F)c(OCC)c3)c(=O)n2[C@H]1c1ccc(OC(C)C)c(OC)c1. The van der Waals surface area contributed by atoms with Crippen LogP contribution < -0.4 is 33.8 Å². The molecule has 0 saturated heterocycles. The molecule has 0 N–H and O–H groups in total. The van der Waals surface area contributed by atoms with E-state index in [-0.39, 0.29) is 36.3 Å². The van der Waals surface area contributed by atoms with Gasteiger partial charge < -0.3 is 23.7 Å². The van der Waals surface area contributed by atoms with Gasteiger partial charge in [0.05, 0.1) is 51.8 Å². The number of ether oxygens (including phenoxy) is 5. The van der Waals surface area contributed by atoms with Crippen LogP contribution in [0, 0.1) is 9.39 Å². The maximum Gasteiger partial charge on any atom is 0.338 e. The van der Waals surface area contributed by atoms with Crippen molar-refractivity contribution in [3.8, 4) is 23.0 Å². The Labute approximate surface area is 295 Å². The Kier molecular flexibility index (Phi) is 11.3. The normalized spacial score (nSPS) is 14.4. The zero-order chi connectivity index (χ0) is 34.5. The van der Waals surface area contributed by atoms with E-state index in [0.717, 1.165) is 3.57 Å². The summed E-state index contributed by atoms with van der Waals surface area (Å²) in [6, 6.07) is 14.6. The van der Waals surface area contributed by atoms with Crippen LogP contribution in [-0.4, -0.2) is 37.0 Å². The van der Waals surface area contributed by atoms with E-state index in [1.54, 1.807) is 63.4 Å². The molecule has 2 heterocycles. The van der Waals surface area contributed by atoms with Gasteiger partial charge in [0.15, 0.2) is 27.8 Å². The first-order valence-electron chi connectivity index (χ1n) is 15.4. The highest BCUT2D eigenvalue weighted by molar-refractivity contribution is 14.1. The van der Waals surface area contributed by atoms with Gasteiger partial charge in [0.1, 0.15) is 12.4 Å². The topological polar surface area (TPSA) is 97.6 Å². The predicted octanol–water partition coefficient (Wildman–Crippen LogP) is 6.32. The number of rotatable bonds is 12. The standard InChI is InChI=1S/C36H36FIN2O7S/c1-7-44-29-16-22(15-26(38)33(29)46-19-24-11-9-10-12-25(24)37)17-30-34(41)40-32(23-13-14-27(47-20(3)4)28(18-23)43-6)31(35(42)45-8-2)21(5)39-36(40)48-30/h9-18,20,32H,7-8,19H2,1-6H3/b30-17-/t32-/m0/s1. The number of fused-ring (bicyclic) bond motifs is 1. The zero-order valence-corrected chi connectivity index (χ0v) is 30.4. The molecule has 48 heavy (non-hydrogen) atoms. The van der Waals surface area contributed by atoms with Crippen LogP contribution in [0.15, 0.2) is 75.7 Å². The van der Waals surface area contributed by atoms with Crippen LogP contribution in [0.1, 0.15) is 57.4 Å². The van der Waals surface area contributed by atoms with Gasteiger partial charge in [-0.1, -0.05) is 35.6 Å². The molecule has 0 radical (unpaired) electrons. The second-order valence-corrected chi connectivity index (χ2v) is 13.2. The minimum absolute atomic E-state index is 0.0260. The number of halogens is 2. The van der Waals surface area contributed by atoms with Crippen molar-refractivity contribution in [2.24, 2.45) is 4.99 Å². The molecule has 12 heteroatoms. The lowest BCUT2D eigenvalue weighted by Gasteiger charge is -2.25. The molecular formula is C36H36FIN2O7S. The van der Waals surface area contributed by atoms with E-state index < -0.39 is 12.0 Å². The largest absolute Gasteiger partial charge is 0.493 e. The van der Waals surface area contributed by atoms with Crippen molar-refractivity contribution in [3.63, 3.8) is 0 Å². The maximum atomic E-state index is 14.3. The number of methoxy groups -OCH3 is 1. The molecule has 1 aliphatic rings. The lowest BCUT2D eigenvalue weighted by atomic mass is 9.95. The molecule has 1 aromatic heterocycles. The molecule has 252 valence electrons. The van der Waals surface area contributed by atoms with Crippen molar-refractivity contribution in [1.29, 1.82) is 0 Å². The molecule has 0 aliphatic carbocycles. The summed E-state index contributed by atoms with van der Waals surface area (Å²) in [5, 5.41) is 0. The molecular weight excluding hydrogens is 750 g/mol. The molecule has 3 aromatic carbocycles.